The first kappa shape index (κ1) is 14.5. The largest absolute Gasteiger partial charge is 0.370 e. The van der Waals surface area contributed by atoms with Gasteiger partial charge < -0.3 is 14.6 Å². The molecule has 5 nitrogen and oxygen atoms in total. The number of aromatic nitrogens is 2. The van der Waals surface area contributed by atoms with E-state index >= 15 is 0 Å². The highest BCUT2D eigenvalue weighted by Crippen LogP contribution is 2.27. The third kappa shape index (κ3) is 3.76. The quantitative estimate of drug-likeness (QED) is 0.858. The molecule has 2 rings (SSSR count). The fourth-order valence-corrected chi connectivity index (χ4v) is 2.57. The van der Waals surface area contributed by atoms with Crippen molar-refractivity contribution in [3.63, 3.8) is 0 Å². The number of ether oxygens (including phenoxy) is 1. The lowest BCUT2D eigenvalue weighted by Gasteiger charge is -2.25. The first-order valence-corrected chi connectivity index (χ1v) is 7.43. The van der Waals surface area contributed by atoms with Crippen LogP contribution in [0.25, 0.3) is 0 Å². The van der Waals surface area contributed by atoms with E-state index in [0.717, 1.165) is 25.8 Å². The molecule has 0 radical (unpaired) electrons. The van der Waals surface area contributed by atoms with Crippen molar-refractivity contribution in [2.45, 2.75) is 58.6 Å². The van der Waals surface area contributed by atoms with Crippen LogP contribution < -0.4 is 5.32 Å². The van der Waals surface area contributed by atoms with Gasteiger partial charge in [0.15, 0.2) is 0 Å². The predicted octanol–water partition coefficient (Wildman–Crippen LogP) is 3.01. The van der Waals surface area contributed by atoms with Crippen LogP contribution in [0.4, 0.5) is 0 Å². The summed E-state index contributed by atoms with van der Waals surface area (Å²) >= 11 is 0. The molecular formula is C14H25N3O2. The average molecular weight is 267 g/mol. The van der Waals surface area contributed by atoms with Crippen molar-refractivity contribution in [1.82, 2.24) is 15.5 Å². The van der Waals surface area contributed by atoms with Crippen molar-refractivity contribution in [2.24, 2.45) is 5.92 Å². The van der Waals surface area contributed by atoms with Gasteiger partial charge >= 0.3 is 0 Å². The Hall–Kier alpha value is -0.940. The van der Waals surface area contributed by atoms with Crippen LogP contribution in [0.3, 0.4) is 0 Å². The number of hydrogen-bond donors (Lipinski definition) is 1. The minimum absolute atomic E-state index is 0.0338. The highest BCUT2D eigenvalue weighted by Gasteiger charge is 2.26. The predicted molar refractivity (Wildman–Crippen MR) is 72.7 cm³/mol. The fraction of sp³-hybridized carbons (Fsp3) is 0.857. The molecule has 1 aromatic rings. The van der Waals surface area contributed by atoms with Crippen LogP contribution in [0.15, 0.2) is 4.52 Å². The second-order valence-corrected chi connectivity index (χ2v) is 5.36. The molecule has 19 heavy (non-hydrogen) atoms. The molecule has 1 aliphatic heterocycles. The molecule has 5 heteroatoms. The van der Waals surface area contributed by atoms with Gasteiger partial charge in [0.05, 0.1) is 6.04 Å². The first-order chi connectivity index (χ1) is 9.24. The Bertz CT molecular complexity index is 355. The number of piperidine rings is 1. The van der Waals surface area contributed by atoms with E-state index in [9.17, 15) is 0 Å². The smallest absolute Gasteiger partial charge is 0.243 e. The number of nitrogens with one attached hydrogen (secondary N) is 1. The Labute approximate surface area is 115 Å². The lowest BCUT2D eigenvalue weighted by molar-refractivity contribution is 0.0477. The van der Waals surface area contributed by atoms with Crippen molar-refractivity contribution >= 4 is 0 Å². The molecule has 2 heterocycles. The van der Waals surface area contributed by atoms with Gasteiger partial charge in [0, 0.05) is 6.61 Å². The Balaban J connectivity index is 2.04. The Morgan fingerprint density at radius 3 is 3.00 bits per heavy atom. The van der Waals surface area contributed by atoms with Crippen LogP contribution in [0.5, 0.6) is 0 Å². The van der Waals surface area contributed by atoms with Crippen LogP contribution in [0, 0.1) is 5.92 Å². The molecule has 0 aliphatic carbocycles. The molecule has 0 amide bonds. The average Bonchev–Trinajstić information content (AvgIpc) is 2.88. The van der Waals surface area contributed by atoms with Gasteiger partial charge in [0.1, 0.15) is 6.10 Å². The van der Waals surface area contributed by atoms with Gasteiger partial charge in [-0.2, -0.15) is 4.98 Å². The number of hydrogen-bond acceptors (Lipinski definition) is 5. The van der Waals surface area contributed by atoms with Crippen molar-refractivity contribution in [1.29, 1.82) is 0 Å². The van der Waals surface area contributed by atoms with Crippen LogP contribution >= 0.6 is 0 Å². The second-order valence-electron chi connectivity index (χ2n) is 5.36. The topological polar surface area (TPSA) is 60.2 Å². The molecule has 3 atom stereocenters. The Kier molecular flexibility index (Phi) is 5.34. The molecule has 1 fully saturated rings. The SMILES string of the molecule is CCCC(OCC)c1noc(C2CC(C)CCN2)n1. The van der Waals surface area contributed by atoms with Gasteiger partial charge in [0.25, 0.3) is 0 Å². The van der Waals surface area contributed by atoms with Crippen molar-refractivity contribution < 1.29 is 9.26 Å². The standard InChI is InChI=1S/C14H25N3O2/c1-4-6-12(18-5-2)13-16-14(19-17-13)11-9-10(3)7-8-15-11/h10-12,15H,4-9H2,1-3H3. The van der Waals surface area contributed by atoms with E-state index in [4.69, 9.17) is 9.26 Å². The third-order valence-electron chi connectivity index (χ3n) is 3.63. The molecule has 0 saturated carbocycles. The summed E-state index contributed by atoms with van der Waals surface area (Å²) < 4.78 is 11.1. The molecule has 3 unspecified atom stereocenters. The van der Waals surface area contributed by atoms with Crippen LogP contribution in [0.2, 0.25) is 0 Å². The molecular weight excluding hydrogens is 242 g/mol. The van der Waals surface area contributed by atoms with Crippen LogP contribution in [0.1, 0.15) is 70.3 Å². The van der Waals surface area contributed by atoms with Crippen molar-refractivity contribution in [3.05, 3.63) is 11.7 Å². The number of nitrogens with zero attached hydrogens (tertiary/aromatic N) is 2. The van der Waals surface area contributed by atoms with Gasteiger partial charge in [-0.1, -0.05) is 25.4 Å². The fourth-order valence-electron chi connectivity index (χ4n) is 2.57. The zero-order chi connectivity index (χ0) is 13.7. The minimum Gasteiger partial charge on any atom is -0.370 e. The van der Waals surface area contributed by atoms with E-state index in [0.29, 0.717) is 24.2 Å². The van der Waals surface area contributed by atoms with Gasteiger partial charge in [-0.05, 0) is 38.6 Å². The molecule has 0 spiro atoms. The van der Waals surface area contributed by atoms with E-state index in [1.165, 1.54) is 6.42 Å². The zero-order valence-electron chi connectivity index (χ0n) is 12.2. The van der Waals surface area contributed by atoms with Crippen molar-refractivity contribution in [3.8, 4) is 0 Å². The maximum atomic E-state index is 5.68. The van der Waals surface area contributed by atoms with E-state index in [-0.39, 0.29) is 12.1 Å². The summed E-state index contributed by atoms with van der Waals surface area (Å²) in [4.78, 5) is 4.54. The monoisotopic (exact) mass is 267 g/mol. The maximum Gasteiger partial charge on any atom is 0.243 e. The summed E-state index contributed by atoms with van der Waals surface area (Å²) in [6, 6.07) is 0.203. The summed E-state index contributed by atoms with van der Waals surface area (Å²) in [5, 5.41) is 7.55. The molecule has 108 valence electrons. The molecule has 1 N–H and O–H groups in total. The van der Waals surface area contributed by atoms with E-state index < -0.39 is 0 Å². The van der Waals surface area contributed by atoms with Gasteiger partial charge in [-0.15, -0.1) is 0 Å². The Morgan fingerprint density at radius 2 is 2.32 bits per heavy atom. The number of rotatable bonds is 6. The molecule has 1 aliphatic rings. The van der Waals surface area contributed by atoms with Crippen molar-refractivity contribution in [2.75, 3.05) is 13.2 Å². The molecule has 1 aromatic heterocycles. The summed E-state index contributed by atoms with van der Waals surface area (Å²) in [7, 11) is 0. The highest BCUT2D eigenvalue weighted by molar-refractivity contribution is 4.97. The van der Waals surface area contributed by atoms with Crippen LogP contribution in [-0.2, 0) is 4.74 Å². The zero-order valence-corrected chi connectivity index (χ0v) is 12.2. The van der Waals surface area contributed by atoms with E-state index in [1.54, 1.807) is 0 Å². The lowest BCUT2D eigenvalue weighted by Crippen LogP contribution is -2.31. The summed E-state index contributed by atoms with van der Waals surface area (Å²) in [5.74, 6) is 2.11. The maximum absolute atomic E-state index is 5.68. The van der Waals surface area contributed by atoms with Crippen LogP contribution in [-0.4, -0.2) is 23.3 Å². The van der Waals surface area contributed by atoms with Gasteiger partial charge in [-0.25, -0.2) is 0 Å². The normalized spacial score (nSPS) is 25.4. The first-order valence-electron chi connectivity index (χ1n) is 7.43. The summed E-state index contributed by atoms with van der Waals surface area (Å²) in [6.07, 6.45) is 4.23. The summed E-state index contributed by atoms with van der Waals surface area (Å²) in [5.41, 5.74) is 0. The third-order valence-corrected chi connectivity index (χ3v) is 3.63. The van der Waals surface area contributed by atoms with E-state index in [2.05, 4.69) is 29.3 Å². The Morgan fingerprint density at radius 1 is 1.47 bits per heavy atom. The van der Waals surface area contributed by atoms with E-state index in [1.807, 2.05) is 6.92 Å². The van der Waals surface area contributed by atoms with Gasteiger partial charge in [0.2, 0.25) is 11.7 Å². The highest BCUT2D eigenvalue weighted by atomic mass is 16.5. The minimum atomic E-state index is -0.0338. The second kappa shape index (κ2) is 7.01. The lowest BCUT2D eigenvalue weighted by atomic mass is 9.94. The molecule has 1 saturated heterocycles. The molecule has 0 bridgehead atoms. The summed E-state index contributed by atoms with van der Waals surface area (Å²) in [6.45, 7) is 8.09. The molecule has 0 aromatic carbocycles. The van der Waals surface area contributed by atoms with Gasteiger partial charge in [-0.3, -0.25) is 0 Å².